The van der Waals surface area contributed by atoms with Crippen LogP contribution in [0.2, 0.25) is 0 Å². The highest BCUT2D eigenvalue weighted by Gasteiger charge is 2.16. The standard InChI is InChI=1S/C15H22ClN3O2/c1-4-9-21-10-5-8-19-14(11(2)16)17-12-6-7-13(20-3)18-15(12)19/h6-7,11H,4-5,8-10H2,1-3H3. The lowest BCUT2D eigenvalue weighted by Crippen LogP contribution is -2.08. The normalized spacial score (nSPS) is 12.8. The van der Waals surface area contributed by atoms with Gasteiger partial charge in [0, 0.05) is 25.8 Å². The number of pyridine rings is 1. The maximum Gasteiger partial charge on any atom is 0.215 e. The molecule has 2 aromatic heterocycles. The summed E-state index contributed by atoms with van der Waals surface area (Å²) >= 11 is 6.24. The Morgan fingerprint density at radius 1 is 1.29 bits per heavy atom. The van der Waals surface area contributed by atoms with Gasteiger partial charge in [-0.3, -0.25) is 0 Å². The molecule has 21 heavy (non-hydrogen) atoms. The Labute approximate surface area is 130 Å². The molecule has 5 nitrogen and oxygen atoms in total. The summed E-state index contributed by atoms with van der Waals surface area (Å²) in [7, 11) is 1.61. The van der Waals surface area contributed by atoms with Gasteiger partial charge in [-0.25, -0.2) is 4.98 Å². The maximum atomic E-state index is 6.24. The second-order valence-corrected chi connectivity index (χ2v) is 5.55. The molecule has 1 unspecified atom stereocenters. The molecule has 0 saturated carbocycles. The Morgan fingerprint density at radius 3 is 2.76 bits per heavy atom. The first-order chi connectivity index (χ1) is 10.2. The van der Waals surface area contributed by atoms with E-state index in [1.807, 2.05) is 19.1 Å². The predicted octanol–water partition coefficient (Wildman–Crippen LogP) is 3.56. The molecular weight excluding hydrogens is 290 g/mol. The number of aromatic nitrogens is 3. The zero-order valence-electron chi connectivity index (χ0n) is 12.8. The average molecular weight is 312 g/mol. The van der Waals surface area contributed by atoms with Crippen molar-refractivity contribution < 1.29 is 9.47 Å². The Morgan fingerprint density at radius 2 is 2.10 bits per heavy atom. The van der Waals surface area contributed by atoms with E-state index in [0.717, 1.165) is 49.6 Å². The first kappa shape index (κ1) is 16.0. The molecule has 2 rings (SSSR count). The van der Waals surface area contributed by atoms with Crippen molar-refractivity contribution in [3.63, 3.8) is 0 Å². The fraction of sp³-hybridized carbons (Fsp3) is 0.600. The number of imidazole rings is 1. The van der Waals surface area contributed by atoms with Crippen molar-refractivity contribution in [2.75, 3.05) is 20.3 Å². The minimum atomic E-state index is -0.165. The second kappa shape index (κ2) is 7.61. The van der Waals surface area contributed by atoms with Gasteiger partial charge in [-0.15, -0.1) is 11.6 Å². The van der Waals surface area contributed by atoms with Crippen LogP contribution < -0.4 is 4.74 Å². The van der Waals surface area contributed by atoms with Gasteiger partial charge >= 0.3 is 0 Å². The van der Waals surface area contributed by atoms with Gasteiger partial charge in [0.1, 0.15) is 11.3 Å². The summed E-state index contributed by atoms with van der Waals surface area (Å²) in [5.41, 5.74) is 1.65. The van der Waals surface area contributed by atoms with Crippen LogP contribution in [-0.2, 0) is 11.3 Å². The summed E-state index contributed by atoms with van der Waals surface area (Å²) in [6.07, 6.45) is 1.94. The van der Waals surface area contributed by atoms with Gasteiger partial charge in [0.2, 0.25) is 5.88 Å². The first-order valence-electron chi connectivity index (χ1n) is 7.30. The minimum Gasteiger partial charge on any atom is -0.481 e. The molecule has 0 saturated heterocycles. The Kier molecular flexibility index (Phi) is 5.82. The lowest BCUT2D eigenvalue weighted by atomic mass is 10.4. The molecule has 0 N–H and O–H groups in total. The molecule has 0 aliphatic rings. The van der Waals surface area contributed by atoms with Gasteiger partial charge in [0.25, 0.3) is 0 Å². The summed E-state index contributed by atoms with van der Waals surface area (Å²) in [6, 6.07) is 3.72. The second-order valence-electron chi connectivity index (χ2n) is 4.90. The minimum absolute atomic E-state index is 0.165. The fourth-order valence-corrected chi connectivity index (χ4v) is 2.38. The third kappa shape index (κ3) is 3.86. The summed E-state index contributed by atoms with van der Waals surface area (Å²) in [6.45, 7) is 6.34. The van der Waals surface area contributed by atoms with Gasteiger partial charge in [-0.2, -0.15) is 4.98 Å². The van der Waals surface area contributed by atoms with Crippen molar-refractivity contribution >= 4 is 22.8 Å². The van der Waals surface area contributed by atoms with Gasteiger partial charge in [0.15, 0.2) is 5.65 Å². The highest BCUT2D eigenvalue weighted by atomic mass is 35.5. The number of nitrogens with zero attached hydrogens (tertiary/aromatic N) is 3. The molecular formula is C15H22ClN3O2. The topological polar surface area (TPSA) is 49.2 Å². The number of fused-ring (bicyclic) bond motifs is 1. The van der Waals surface area contributed by atoms with E-state index in [4.69, 9.17) is 21.1 Å². The molecule has 0 aromatic carbocycles. The number of alkyl halides is 1. The Balaban J connectivity index is 2.22. The number of hydrogen-bond acceptors (Lipinski definition) is 4. The number of rotatable bonds is 8. The average Bonchev–Trinajstić information content (AvgIpc) is 2.85. The van der Waals surface area contributed by atoms with E-state index < -0.39 is 0 Å². The molecule has 6 heteroatoms. The van der Waals surface area contributed by atoms with Crippen molar-refractivity contribution in [3.05, 3.63) is 18.0 Å². The van der Waals surface area contributed by atoms with Crippen molar-refractivity contribution in [2.45, 2.75) is 38.6 Å². The number of methoxy groups -OCH3 is 1. The van der Waals surface area contributed by atoms with Crippen LogP contribution in [0, 0.1) is 0 Å². The van der Waals surface area contributed by atoms with Crippen molar-refractivity contribution in [1.29, 1.82) is 0 Å². The third-order valence-electron chi connectivity index (χ3n) is 3.18. The SMILES string of the molecule is CCCOCCCn1c(C(C)Cl)nc2ccc(OC)nc21. The molecule has 2 heterocycles. The number of hydrogen-bond donors (Lipinski definition) is 0. The molecule has 0 aliphatic heterocycles. The van der Waals surface area contributed by atoms with Crippen LogP contribution in [0.25, 0.3) is 11.2 Å². The molecule has 1 atom stereocenters. The fourth-order valence-electron chi connectivity index (χ4n) is 2.21. The van der Waals surface area contributed by atoms with Gasteiger partial charge in [0.05, 0.1) is 12.5 Å². The van der Waals surface area contributed by atoms with Crippen molar-refractivity contribution in [2.24, 2.45) is 0 Å². The summed E-state index contributed by atoms with van der Waals surface area (Å²) in [5.74, 6) is 1.42. The van der Waals surface area contributed by atoms with E-state index in [1.165, 1.54) is 0 Å². The van der Waals surface area contributed by atoms with Crippen molar-refractivity contribution in [3.8, 4) is 5.88 Å². The van der Waals surface area contributed by atoms with Crippen LogP contribution in [0.15, 0.2) is 12.1 Å². The first-order valence-corrected chi connectivity index (χ1v) is 7.74. The Bertz CT molecular complexity index is 584. The van der Waals surface area contributed by atoms with Gasteiger partial charge < -0.3 is 14.0 Å². The molecule has 0 fully saturated rings. The van der Waals surface area contributed by atoms with E-state index in [-0.39, 0.29) is 5.38 Å². The molecule has 0 aliphatic carbocycles. The summed E-state index contributed by atoms with van der Waals surface area (Å²) < 4.78 is 12.8. The van der Waals surface area contributed by atoms with E-state index in [2.05, 4.69) is 21.5 Å². The van der Waals surface area contributed by atoms with E-state index in [9.17, 15) is 0 Å². The molecule has 0 spiro atoms. The third-order valence-corrected chi connectivity index (χ3v) is 3.38. The quantitative estimate of drug-likeness (QED) is 0.552. The lowest BCUT2D eigenvalue weighted by molar-refractivity contribution is 0.129. The molecule has 0 bridgehead atoms. The number of halogens is 1. The molecule has 2 aromatic rings. The van der Waals surface area contributed by atoms with Crippen LogP contribution in [0.1, 0.15) is 37.9 Å². The van der Waals surface area contributed by atoms with Gasteiger partial charge in [-0.1, -0.05) is 6.92 Å². The summed E-state index contributed by atoms with van der Waals surface area (Å²) in [4.78, 5) is 9.07. The number of aryl methyl sites for hydroxylation is 1. The summed E-state index contributed by atoms with van der Waals surface area (Å²) in [5, 5.41) is -0.165. The molecule has 116 valence electrons. The van der Waals surface area contributed by atoms with E-state index >= 15 is 0 Å². The zero-order chi connectivity index (χ0) is 15.2. The predicted molar refractivity (Wildman–Crippen MR) is 84.1 cm³/mol. The van der Waals surface area contributed by atoms with Crippen LogP contribution in [-0.4, -0.2) is 34.9 Å². The lowest BCUT2D eigenvalue weighted by Gasteiger charge is -2.10. The van der Waals surface area contributed by atoms with E-state index in [1.54, 1.807) is 7.11 Å². The maximum absolute atomic E-state index is 6.24. The monoisotopic (exact) mass is 311 g/mol. The van der Waals surface area contributed by atoms with E-state index in [0.29, 0.717) is 5.88 Å². The molecule has 0 radical (unpaired) electrons. The number of ether oxygens (including phenoxy) is 2. The van der Waals surface area contributed by atoms with Crippen LogP contribution in [0.5, 0.6) is 5.88 Å². The van der Waals surface area contributed by atoms with Crippen molar-refractivity contribution in [1.82, 2.24) is 14.5 Å². The van der Waals surface area contributed by atoms with Crippen LogP contribution >= 0.6 is 11.6 Å². The van der Waals surface area contributed by atoms with Crippen LogP contribution in [0.4, 0.5) is 0 Å². The van der Waals surface area contributed by atoms with Crippen LogP contribution in [0.3, 0.4) is 0 Å². The smallest absolute Gasteiger partial charge is 0.215 e. The zero-order valence-corrected chi connectivity index (χ0v) is 13.6. The largest absolute Gasteiger partial charge is 0.481 e. The highest BCUT2D eigenvalue weighted by Crippen LogP contribution is 2.25. The molecule has 0 amide bonds. The van der Waals surface area contributed by atoms with Gasteiger partial charge in [-0.05, 0) is 25.8 Å². The highest BCUT2D eigenvalue weighted by molar-refractivity contribution is 6.20. The Hall–Kier alpha value is -1.33.